The van der Waals surface area contributed by atoms with Gasteiger partial charge in [0.15, 0.2) is 5.17 Å². The van der Waals surface area contributed by atoms with Crippen molar-refractivity contribution in [3.8, 4) is 0 Å². The normalized spacial score (nSPS) is 20.0. The molecule has 2 aromatic rings. The van der Waals surface area contributed by atoms with Gasteiger partial charge < -0.3 is 0 Å². The van der Waals surface area contributed by atoms with Crippen LogP contribution in [0.2, 0.25) is 0 Å². The van der Waals surface area contributed by atoms with Crippen LogP contribution in [0.15, 0.2) is 58.6 Å². The van der Waals surface area contributed by atoms with E-state index in [0.29, 0.717) is 10.9 Å². The van der Waals surface area contributed by atoms with Crippen LogP contribution in [-0.4, -0.2) is 27.5 Å². The lowest BCUT2D eigenvalue weighted by atomic mass is 9.97. The fraction of sp³-hybridized carbons (Fsp3) is 0.250. The monoisotopic (exact) mass is 349 g/mol. The molecule has 0 aliphatic carbocycles. The summed E-state index contributed by atoms with van der Waals surface area (Å²) in [5, 5.41) is 7.46. The van der Waals surface area contributed by atoms with Crippen LogP contribution in [0.1, 0.15) is 34.7 Å². The molecule has 4 rings (SSSR count). The van der Waals surface area contributed by atoms with E-state index < -0.39 is 0 Å². The Bertz CT molecular complexity index is 869. The summed E-state index contributed by atoms with van der Waals surface area (Å²) in [7, 11) is 0. The number of rotatable bonds is 2. The Morgan fingerprint density at radius 3 is 2.24 bits per heavy atom. The summed E-state index contributed by atoms with van der Waals surface area (Å²) < 4.78 is 0. The number of hydrazone groups is 1. The van der Waals surface area contributed by atoms with E-state index in [-0.39, 0.29) is 11.9 Å². The molecule has 0 aromatic heterocycles. The van der Waals surface area contributed by atoms with Gasteiger partial charge in [-0.05, 0) is 25.0 Å². The zero-order valence-corrected chi connectivity index (χ0v) is 15.1. The largest absolute Gasteiger partial charge is 0.272 e. The van der Waals surface area contributed by atoms with Crippen molar-refractivity contribution >= 4 is 28.5 Å². The second-order valence-corrected chi connectivity index (χ2v) is 7.41. The topological polar surface area (TPSA) is 45.0 Å². The van der Waals surface area contributed by atoms with Crippen LogP contribution >= 0.6 is 11.8 Å². The van der Waals surface area contributed by atoms with E-state index >= 15 is 0 Å². The summed E-state index contributed by atoms with van der Waals surface area (Å²) in [5.41, 5.74) is 5.82. The van der Waals surface area contributed by atoms with Crippen molar-refractivity contribution in [2.75, 3.05) is 5.75 Å². The maximum absolute atomic E-state index is 11.6. The van der Waals surface area contributed by atoms with Gasteiger partial charge in [-0.3, -0.25) is 4.79 Å². The Balaban J connectivity index is 1.71. The van der Waals surface area contributed by atoms with Gasteiger partial charge in [0.2, 0.25) is 0 Å². The van der Waals surface area contributed by atoms with Crippen LogP contribution in [0, 0.1) is 13.8 Å². The van der Waals surface area contributed by atoms with Gasteiger partial charge in [0.1, 0.15) is 0 Å². The van der Waals surface area contributed by atoms with Crippen LogP contribution in [0.5, 0.6) is 0 Å². The molecule has 25 heavy (non-hydrogen) atoms. The lowest BCUT2D eigenvalue weighted by Crippen LogP contribution is -2.23. The third-order valence-electron chi connectivity index (χ3n) is 4.50. The van der Waals surface area contributed by atoms with Gasteiger partial charge in [0.05, 0.1) is 17.5 Å². The predicted molar refractivity (Wildman–Crippen MR) is 103 cm³/mol. The number of carbonyl (C=O) groups is 1. The first-order chi connectivity index (χ1) is 12.1. The Labute approximate surface area is 151 Å². The second-order valence-electron chi connectivity index (χ2n) is 6.46. The maximum Gasteiger partial charge on any atom is 0.258 e. The Kier molecular flexibility index (Phi) is 4.17. The maximum atomic E-state index is 11.6. The van der Waals surface area contributed by atoms with Crippen molar-refractivity contribution in [3.63, 3.8) is 0 Å². The highest BCUT2D eigenvalue weighted by Crippen LogP contribution is 2.36. The van der Waals surface area contributed by atoms with Crippen LogP contribution in [0.4, 0.5) is 0 Å². The molecule has 5 heteroatoms. The zero-order chi connectivity index (χ0) is 17.4. The van der Waals surface area contributed by atoms with Crippen molar-refractivity contribution in [2.24, 2.45) is 10.1 Å². The average molecular weight is 349 g/mol. The molecule has 0 fully saturated rings. The summed E-state index contributed by atoms with van der Waals surface area (Å²) in [4.78, 5) is 15.8. The van der Waals surface area contributed by atoms with Gasteiger partial charge in [-0.1, -0.05) is 71.4 Å². The average Bonchev–Trinajstić information content (AvgIpc) is 3.23. The van der Waals surface area contributed by atoms with Crippen LogP contribution in [0.25, 0.3) is 0 Å². The molecule has 1 amide bonds. The van der Waals surface area contributed by atoms with Crippen LogP contribution in [0.3, 0.4) is 0 Å². The number of nitrogens with zero attached hydrogens (tertiary/aromatic N) is 3. The molecule has 4 nitrogen and oxygen atoms in total. The molecule has 2 aliphatic heterocycles. The smallest absolute Gasteiger partial charge is 0.258 e. The zero-order valence-electron chi connectivity index (χ0n) is 14.3. The van der Waals surface area contributed by atoms with Gasteiger partial charge >= 0.3 is 0 Å². The highest BCUT2D eigenvalue weighted by molar-refractivity contribution is 8.14. The highest BCUT2D eigenvalue weighted by atomic mass is 32.2. The van der Waals surface area contributed by atoms with E-state index in [2.05, 4.69) is 67.4 Å². The first kappa shape index (κ1) is 16.1. The van der Waals surface area contributed by atoms with Crippen molar-refractivity contribution in [2.45, 2.75) is 26.3 Å². The van der Waals surface area contributed by atoms with Gasteiger partial charge in [0.25, 0.3) is 5.91 Å². The molecule has 1 atom stereocenters. The van der Waals surface area contributed by atoms with E-state index in [0.717, 1.165) is 17.7 Å². The quantitative estimate of drug-likeness (QED) is 0.820. The number of amides is 1. The van der Waals surface area contributed by atoms with Crippen LogP contribution in [-0.2, 0) is 4.79 Å². The molecule has 0 bridgehead atoms. The van der Waals surface area contributed by atoms with E-state index in [9.17, 15) is 4.79 Å². The number of aliphatic imine (C=N–C) groups is 1. The first-order valence-corrected chi connectivity index (χ1v) is 9.33. The number of aryl methyl sites for hydroxylation is 2. The molecule has 2 aliphatic rings. The van der Waals surface area contributed by atoms with Crippen molar-refractivity contribution in [3.05, 3.63) is 70.8 Å². The van der Waals surface area contributed by atoms with Gasteiger partial charge in [-0.15, -0.1) is 0 Å². The molecule has 0 saturated heterocycles. The van der Waals surface area contributed by atoms with E-state index in [1.54, 1.807) is 0 Å². The SMILES string of the molecule is Cc1ccc(C2=NN(C3=NC(=O)CS3)C(c3ccc(C)cc3)C2)cc1. The van der Waals surface area contributed by atoms with E-state index in [4.69, 9.17) is 5.10 Å². The molecule has 126 valence electrons. The molecule has 1 unspecified atom stereocenters. The minimum Gasteiger partial charge on any atom is -0.272 e. The summed E-state index contributed by atoms with van der Waals surface area (Å²) in [6.45, 7) is 4.16. The van der Waals surface area contributed by atoms with E-state index in [1.165, 1.54) is 28.5 Å². The number of hydrogen-bond acceptors (Lipinski definition) is 4. The van der Waals surface area contributed by atoms with Crippen molar-refractivity contribution in [1.29, 1.82) is 0 Å². The Hall–Kier alpha value is -2.40. The predicted octanol–water partition coefficient (Wildman–Crippen LogP) is 4.08. The molecular formula is C20H19N3OS. The fourth-order valence-electron chi connectivity index (χ4n) is 3.07. The number of carbonyl (C=O) groups excluding carboxylic acids is 1. The molecule has 2 aromatic carbocycles. The lowest BCUT2D eigenvalue weighted by Gasteiger charge is -2.22. The van der Waals surface area contributed by atoms with Gasteiger partial charge in [0, 0.05) is 6.42 Å². The van der Waals surface area contributed by atoms with Crippen molar-refractivity contribution in [1.82, 2.24) is 5.01 Å². The second kappa shape index (κ2) is 6.48. The van der Waals surface area contributed by atoms with Gasteiger partial charge in [-0.2, -0.15) is 10.1 Å². The fourth-order valence-corrected chi connectivity index (χ4v) is 3.85. The number of thioether (sulfide) groups is 1. The number of hydrogen-bond donors (Lipinski definition) is 0. The third-order valence-corrected chi connectivity index (χ3v) is 5.43. The van der Waals surface area contributed by atoms with Gasteiger partial charge in [-0.25, -0.2) is 5.01 Å². The molecular weight excluding hydrogens is 330 g/mol. The molecule has 0 N–H and O–H groups in total. The molecule has 0 spiro atoms. The van der Waals surface area contributed by atoms with Crippen molar-refractivity contribution < 1.29 is 4.79 Å². The van der Waals surface area contributed by atoms with E-state index in [1.807, 2.05) is 5.01 Å². The third kappa shape index (κ3) is 3.24. The Morgan fingerprint density at radius 1 is 1.00 bits per heavy atom. The highest BCUT2D eigenvalue weighted by Gasteiger charge is 2.34. The number of benzene rings is 2. The van der Waals surface area contributed by atoms with Crippen LogP contribution < -0.4 is 0 Å². The first-order valence-electron chi connectivity index (χ1n) is 8.35. The molecule has 2 heterocycles. The summed E-state index contributed by atoms with van der Waals surface area (Å²) in [6.07, 6.45) is 0.805. The standard InChI is InChI=1S/C20H19N3OS/c1-13-3-7-15(8-4-13)17-11-18(16-9-5-14(2)6-10-16)23(22-17)20-21-19(24)12-25-20/h3-10,18H,11-12H2,1-2H3. The number of amidine groups is 1. The Morgan fingerprint density at radius 2 is 1.64 bits per heavy atom. The minimum atomic E-state index is -0.0818. The molecule has 0 saturated carbocycles. The molecule has 0 radical (unpaired) electrons. The lowest BCUT2D eigenvalue weighted by molar-refractivity contribution is -0.115. The summed E-state index contributed by atoms with van der Waals surface area (Å²) in [6, 6.07) is 17.0. The summed E-state index contributed by atoms with van der Waals surface area (Å²) >= 11 is 1.47. The summed E-state index contributed by atoms with van der Waals surface area (Å²) in [5.74, 6) is 0.323. The minimum absolute atomic E-state index is 0.0778.